The van der Waals surface area contributed by atoms with Crippen LogP contribution in [-0.4, -0.2) is 23.3 Å². The molecule has 0 bridgehead atoms. The number of anilines is 1. The van der Waals surface area contributed by atoms with Crippen LogP contribution in [0.4, 0.5) is 5.69 Å². The molecule has 5 heteroatoms. The minimum atomic E-state index is -0.355. The van der Waals surface area contributed by atoms with E-state index in [-0.39, 0.29) is 24.2 Å². The van der Waals surface area contributed by atoms with Gasteiger partial charge in [0, 0.05) is 30.2 Å². The number of nitrogens with one attached hydrogen (secondary N) is 1. The Balaban J connectivity index is 1.43. The fourth-order valence-electron chi connectivity index (χ4n) is 3.44. The van der Waals surface area contributed by atoms with Crippen LogP contribution in [0.15, 0.2) is 66.7 Å². The first-order valence-corrected chi connectivity index (χ1v) is 9.29. The second kappa shape index (κ2) is 7.41. The lowest BCUT2D eigenvalue weighted by molar-refractivity contribution is -0.128. The number of carbonyl (C=O) groups excluding carboxylic acids is 2. The van der Waals surface area contributed by atoms with E-state index in [1.165, 1.54) is 0 Å². The Labute approximate surface area is 162 Å². The first-order chi connectivity index (χ1) is 13.1. The Bertz CT molecular complexity index is 1020. The van der Waals surface area contributed by atoms with Gasteiger partial charge in [-0.2, -0.15) is 0 Å². The highest BCUT2D eigenvalue weighted by Crippen LogP contribution is 2.25. The summed E-state index contributed by atoms with van der Waals surface area (Å²) >= 11 is 6.19. The Morgan fingerprint density at radius 2 is 1.78 bits per heavy atom. The molecule has 1 aliphatic rings. The van der Waals surface area contributed by atoms with Crippen LogP contribution in [0, 0.1) is 5.92 Å². The summed E-state index contributed by atoms with van der Waals surface area (Å²) in [7, 11) is 0. The third kappa shape index (κ3) is 3.81. The van der Waals surface area contributed by atoms with Crippen LogP contribution in [-0.2, 0) is 16.1 Å². The molecule has 2 amide bonds. The van der Waals surface area contributed by atoms with Crippen molar-refractivity contribution >= 4 is 39.9 Å². The van der Waals surface area contributed by atoms with E-state index in [2.05, 4.69) is 5.32 Å². The van der Waals surface area contributed by atoms with Gasteiger partial charge in [-0.05, 0) is 34.5 Å². The Morgan fingerprint density at radius 3 is 2.59 bits per heavy atom. The molecule has 3 aromatic rings. The first kappa shape index (κ1) is 17.6. The van der Waals surface area contributed by atoms with E-state index in [1.54, 1.807) is 11.0 Å². The Morgan fingerprint density at radius 1 is 1.04 bits per heavy atom. The molecule has 0 unspecified atom stereocenters. The topological polar surface area (TPSA) is 49.4 Å². The van der Waals surface area contributed by atoms with Gasteiger partial charge in [0.15, 0.2) is 0 Å². The molecular formula is C22H19ClN2O2. The van der Waals surface area contributed by atoms with Crippen molar-refractivity contribution in [2.45, 2.75) is 13.0 Å². The Hall–Kier alpha value is -2.85. The molecule has 1 fully saturated rings. The molecule has 1 heterocycles. The lowest BCUT2D eigenvalue weighted by Crippen LogP contribution is -2.28. The van der Waals surface area contributed by atoms with Crippen LogP contribution >= 0.6 is 11.6 Å². The molecular weight excluding hydrogens is 360 g/mol. The zero-order valence-corrected chi connectivity index (χ0v) is 15.4. The number of halogens is 1. The van der Waals surface area contributed by atoms with Crippen LogP contribution in [0.3, 0.4) is 0 Å². The lowest BCUT2D eigenvalue weighted by atomic mass is 10.1. The first-order valence-electron chi connectivity index (χ1n) is 8.91. The van der Waals surface area contributed by atoms with Gasteiger partial charge in [0.1, 0.15) is 0 Å². The number of hydrogen-bond donors (Lipinski definition) is 1. The smallest absolute Gasteiger partial charge is 0.229 e. The molecule has 4 rings (SSSR count). The zero-order valence-electron chi connectivity index (χ0n) is 14.7. The van der Waals surface area contributed by atoms with Crippen molar-refractivity contribution < 1.29 is 9.59 Å². The largest absolute Gasteiger partial charge is 0.337 e. The predicted molar refractivity (Wildman–Crippen MR) is 108 cm³/mol. The maximum absolute atomic E-state index is 12.6. The highest BCUT2D eigenvalue weighted by atomic mass is 35.5. The monoisotopic (exact) mass is 378 g/mol. The lowest BCUT2D eigenvalue weighted by Gasteiger charge is -2.17. The quantitative estimate of drug-likeness (QED) is 0.727. The molecule has 0 aromatic heterocycles. The van der Waals surface area contributed by atoms with Crippen molar-refractivity contribution in [3.63, 3.8) is 0 Å². The van der Waals surface area contributed by atoms with Crippen molar-refractivity contribution in [3.05, 3.63) is 77.3 Å². The number of amides is 2. The van der Waals surface area contributed by atoms with Gasteiger partial charge >= 0.3 is 0 Å². The summed E-state index contributed by atoms with van der Waals surface area (Å²) in [5.41, 5.74) is 1.64. The normalized spacial score (nSPS) is 16.7. The van der Waals surface area contributed by atoms with E-state index >= 15 is 0 Å². The van der Waals surface area contributed by atoms with Crippen LogP contribution in [0.2, 0.25) is 5.02 Å². The van der Waals surface area contributed by atoms with Crippen LogP contribution in [0.1, 0.15) is 12.0 Å². The predicted octanol–water partition coefficient (Wildman–Crippen LogP) is 4.48. The molecule has 1 atom stereocenters. The van der Waals surface area contributed by atoms with E-state index in [0.29, 0.717) is 18.1 Å². The fraction of sp³-hybridized carbons (Fsp3) is 0.182. The third-order valence-corrected chi connectivity index (χ3v) is 5.29. The van der Waals surface area contributed by atoms with E-state index < -0.39 is 0 Å². The van der Waals surface area contributed by atoms with E-state index in [0.717, 1.165) is 22.0 Å². The zero-order chi connectivity index (χ0) is 18.8. The van der Waals surface area contributed by atoms with E-state index in [4.69, 9.17) is 11.6 Å². The van der Waals surface area contributed by atoms with Crippen LogP contribution in [0.5, 0.6) is 0 Å². The molecule has 1 aliphatic heterocycles. The SMILES string of the molecule is O=C(Nc1ccc2ccccc2c1)[C@H]1CC(=O)N(Cc2ccccc2Cl)C1. The molecule has 0 radical (unpaired) electrons. The van der Waals surface area contributed by atoms with Crippen molar-refractivity contribution in [2.24, 2.45) is 5.92 Å². The molecule has 1 saturated heterocycles. The van der Waals surface area contributed by atoms with Gasteiger partial charge in [-0.1, -0.05) is 60.1 Å². The summed E-state index contributed by atoms with van der Waals surface area (Å²) in [5.74, 6) is -0.500. The average Bonchev–Trinajstić information content (AvgIpc) is 3.04. The van der Waals surface area contributed by atoms with Gasteiger partial charge < -0.3 is 10.2 Å². The molecule has 27 heavy (non-hydrogen) atoms. The maximum atomic E-state index is 12.6. The van der Waals surface area contributed by atoms with E-state index in [9.17, 15) is 9.59 Å². The van der Waals surface area contributed by atoms with Gasteiger partial charge in [-0.3, -0.25) is 9.59 Å². The van der Waals surface area contributed by atoms with E-state index in [1.807, 2.05) is 60.7 Å². The number of carbonyl (C=O) groups is 2. The van der Waals surface area contributed by atoms with Crippen molar-refractivity contribution in [2.75, 3.05) is 11.9 Å². The maximum Gasteiger partial charge on any atom is 0.229 e. The van der Waals surface area contributed by atoms with Gasteiger partial charge in [-0.15, -0.1) is 0 Å². The van der Waals surface area contributed by atoms with Crippen molar-refractivity contribution in [3.8, 4) is 0 Å². The molecule has 0 saturated carbocycles. The van der Waals surface area contributed by atoms with Crippen LogP contribution < -0.4 is 5.32 Å². The number of nitrogens with zero attached hydrogens (tertiary/aromatic N) is 1. The highest BCUT2D eigenvalue weighted by Gasteiger charge is 2.34. The number of likely N-dealkylation sites (tertiary alicyclic amines) is 1. The second-order valence-electron chi connectivity index (χ2n) is 6.82. The van der Waals surface area contributed by atoms with Gasteiger partial charge in [0.2, 0.25) is 11.8 Å². The van der Waals surface area contributed by atoms with Gasteiger partial charge in [0.25, 0.3) is 0 Å². The van der Waals surface area contributed by atoms with Gasteiger partial charge in [0.05, 0.1) is 5.92 Å². The Kier molecular flexibility index (Phi) is 4.82. The fourth-order valence-corrected chi connectivity index (χ4v) is 3.64. The molecule has 4 nitrogen and oxygen atoms in total. The molecule has 1 N–H and O–H groups in total. The number of hydrogen-bond acceptors (Lipinski definition) is 2. The number of benzene rings is 3. The molecule has 136 valence electrons. The van der Waals surface area contributed by atoms with Crippen LogP contribution in [0.25, 0.3) is 10.8 Å². The summed E-state index contributed by atoms with van der Waals surface area (Å²) in [6.45, 7) is 0.835. The van der Waals surface area contributed by atoms with Crippen molar-refractivity contribution in [1.82, 2.24) is 4.90 Å². The molecule has 0 spiro atoms. The molecule has 0 aliphatic carbocycles. The number of rotatable bonds is 4. The minimum Gasteiger partial charge on any atom is -0.337 e. The third-order valence-electron chi connectivity index (χ3n) is 4.92. The summed E-state index contributed by atoms with van der Waals surface area (Å²) in [5, 5.41) is 5.77. The minimum absolute atomic E-state index is 0.0198. The second-order valence-corrected chi connectivity index (χ2v) is 7.23. The molecule has 3 aromatic carbocycles. The summed E-state index contributed by atoms with van der Waals surface area (Å²) in [6.07, 6.45) is 0.226. The summed E-state index contributed by atoms with van der Waals surface area (Å²) in [4.78, 5) is 26.7. The van der Waals surface area contributed by atoms with Crippen molar-refractivity contribution in [1.29, 1.82) is 0 Å². The highest BCUT2D eigenvalue weighted by molar-refractivity contribution is 6.31. The van der Waals surface area contributed by atoms with Gasteiger partial charge in [-0.25, -0.2) is 0 Å². The summed E-state index contributed by atoms with van der Waals surface area (Å²) in [6, 6.07) is 21.3. The average molecular weight is 379 g/mol. The standard InChI is InChI=1S/C22H19ClN2O2/c23-20-8-4-3-7-17(20)13-25-14-18(12-21(25)26)22(27)24-19-10-9-15-5-1-2-6-16(15)11-19/h1-11,18H,12-14H2,(H,24,27)/t18-/m0/s1. The summed E-state index contributed by atoms with van der Waals surface area (Å²) < 4.78 is 0. The number of fused-ring (bicyclic) bond motifs is 1.